The van der Waals surface area contributed by atoms with Gasteiger partial charge in [-0.1, -0.05) is 40.2 Å². The molecule has 0 spiro atoms. The van der Waals surface area contributed by atoms with Gasteiger partial charge in [0.2, 0.25) is 0 Å². The number of nitrogens with one attached hydrogen (secondary N) is 1. The predicted molar refractivity (Wildman–Crippen MR) is 89.0 cm³/mol. The Labute approximate surface area is 134 Å². The van der Waals surface area contributed by atoms with Gasteiger partial charge < -0.3 is 14.8 Å². The Bertz CT molecular complexity index is 574. The lowest BCUT2D eigenvalue weighted by molar-refractivity contribution is 0.288. The Morgan fingerprint density at radius 3 is 2.57 bits per heavy atom. The van der Waals surface area contributed by atoms with E-state index in [2.05, 4.69) is 40.3 Å². The summed E-state index contributed by atoms with van der Waals surface area (Å²) in [6.07, 6.45) is 0. The zero-order valence-electron chi connectivity index (χ0n) is 12.3. The molecule has 0 unspecified atom stereocenters. The summed E-state index contributed by atoms with van der Waals surface area (Å²) in [5.41, 5.74) is 1.25. The second kappa shape index (κ2) is 8.05. The third-order valence-corrected chi connectivity index (χ3v) is 3.72. The smallest absolute Gasteiger partial charge is 0.161 e. The molecule has 2 aromatic carbocycles. The third kappa shape index (κ3) is 4.76. The molecule has 0 saturated heterocycles. The fraction of sp³-hybridized carbons (Fsp3) is 0.294. The Balaban J connectivity index is 1.79. The van der Waals surface area contributed by atoms with Crippen LogP contribution in [0.1, 0.15) is 18.5 Å². The van der Waals surface area contributed by atoms with Gasteiger partial charge in [-0.05, 0) is 36.8 Å². The van der Waals surface area contributed by atoms with E-state index in [1.54, 1.807) is 7.11 Å². The van der Waals surface area contributed by atoms with Crippen molar-refractivity contribution in [2.24, 2.45) is 0 Å². The molecule has 21 heavy (non-hydrogen) atoms. The first-order valence-electron chi connectivity index (χ1n) is 6.95. The maximum atomic E-state index is 5.74. The Morgan fingerprint density at radius 2 is 1.86 bits per heavy atom. The van der Waals surface area contributed by atoms with Crippen molar-refractivity contribution in [3.05, 3.63) is 58.6 Å². The molecule has 0 heterocycles. The average Bonchev–Trinajstić information content (AvgIpc) is 2.51. The van der Waals surface area contributed by atoms with Crippen molar-refractivity contribution in [3.8, 4) is 11.5 Å². The number of ether oxygens (including phenoxy) is 2. The van der Waals surface area contributed by atoms with Gasteiger partial charge in [0.1, 0.15) is 6.61 Å². The number of benzene rings is 2. The van der Waals surface area contributed by atoms with Crippen LogP contribution in [-0.4, -0.2) is 20.3 Å². The molecule has 1 N–H and O–H groups in total. The van der Waals surface area contributed by atoms with Crippen LogP contribution < -0.4 is 14.8 Å². The van der Waals surface area contributed by atoms with E-state index in [9.17, 15) is 0 Å². The fourth-order valence-electron chi connectivity index (χ4n) is 2.07. The molecule has 2 rings (SSSR count). The van der Waals surface area contributed by atoms with Crippen LogP contribution in [0.15, 0.2) is 53.0 Å². The maximum absolute atomic E-state index is 5.74. The minimum Gasteiger partial charge on any atom is -0.493 e. The highest BCUT2D eigenvalue weighted by molar-refractivity contribution is 9.10. The molecule has 0 radical (unpaired) electrons. The van der Waals surface area contributed by atoms with Gasteiger partial charge in [-0.3, -0.25) is 0 Å². The monoisotopic (exact) mass is 349 g/mol. The van der Waals surface area contributed by atoms with E-state index in [1.165, 1.54) is 5.56 Å². The third-order valence-electron chi connectivity index (χ3n) is 3.23. The van der Waals surface area contributed by atoms with E-state index in [0.29, 0.717) is 6.61 Å². The van der Waals surface area contributed by atoms with Crippen LogP contribution >= 0.6 is 15.9 Å². The van der Waals surface area contributed by atoms with E-state index >= 15 is 0 Å². The summed E-state index contributed by atoms with van der Waals surface area (Å²) in [5, 5.41) is 3.45. The summed E-state index contributed by atoms with van der Waals surface area (Å²) in [6.45, 7) is 3.51. The summed E-state index contributed by atoms with van der Waals surface area (Å²) in [7, 11) is 1.65. The average molecular weight is 350 g/mol. The number of methoxy groups -OCH3 is 1. The predicted octanol–water partition coefficient (Wildman–Crippen LogP) is 4.19. The minimum absolute atomic E-state index is 0.281. The molecule has 0 aliphatic carbocycles. The van der Waals surface area contributed by atoms with Gasteiger partial charge in [-0.2, -0.15) is 0 Å². The van der Waals surface area contributed by atoms with E-state index < -0.39 is 0 Å². The largest absolute Gasteiger partial charge is 0.493 e. The highest BCUT2D eigenvalue weighted by Crippen LogP contribution is 2.25. The van der Waals surface area contributed by atoms with Gasteiger partial charge in [-0.15, -0.1) is 0 Å². The van der Waals surface area contributed by atoms with Crippen molar-refractivity contribution in [1.82, 2.24) is 5.32 Å². The lowest BCUT2D eigenvalue weighted by Gasteiger charge is -2.15. The second-order valence-corrected chi connectivity index (χ2v) is 5.65. The maximum Gasteiger partial charge on any atom is 0.161 e. The van der Waals surface area contributed by atoms with Crippen molar-refractivity contribution in [3.63, 3.8) is 0 Å². The highest BCUT2D eigenvalue weighted by atomic mass is 79.9. The summed E-state index contributed by atoms with van der Waals surface area (Å²) < 4.78 is 12.1. The summed E-state index contributed by atoms with van der Waals surface area (Å²) in [5.74, 6) is 1.54. The molecule has 0 aliphatic heterocycles. The molecule has 0 aromatic heterocycles. The number of halogens is 1. The molecule has 3 nitrogen and oxygen atoms in total. The van der Waals surface area contributed by atoms with Crippen molar-refractivity contribution < 1.29 is 9.47 Å². The van der Waals surface area contributed by atoms with Gasteiger partial charge in [0.05, 0.1) is 7.11 Å². The minimum atomic E-state index is 0.281. The standard InChI is InChI=1S/C17H20BrNO2/c1-13(14-6-5-7-15(18)12-14)19-10-11-21-17-9-4-3-8-16(17)20-2/h3-9,12-13,19H,10-11H2,1-2H3/t13-/m1/s1. The van der Waals surface area contributed by atoms with E-state index in [1.807, 2.05) is 36.4 Å². The number of para-hydroxylation sites is 2. The van der Waals surface area contributed by atoms with Crippen LogP contribution in [0.4, 0.5) is 0 Å². The summed E-state index contributed by atoms with van der Waals surface area (Å²) >= 11 is 3.49. The van der Waals surface area contributed by atoms with Gasteiger partial charge >= 0.3 is 0 Å². The Hall–Kier alpha value is -1.52. The lowest BCUT2D eigenvalue weighted by Crippen LogP contribution is -2.24. The molecule has 2 aromatic rings. The van der Waals surface area contributed by atoms with E-state index in [0.717, 1.165) is 22.5 Å². The molecule has 1 atom stereocenters. The van der Waals surface area contributed by atoms with Crippen molar-refractivity contribution in [2.75, 3.05) is 20.3 Å². The molecule has 4 heteroatoms. The first-order chi connectivity index (χ1) is 10.2. The zero-order valence-corrected chi connectivity index (χ0v) is 13.9. The molecular formula is C17H20BrNO2. The molecule has 0 bridgehead atoms. The molecule has 0 saturated carbocycles. The Kier molecular flexibility index (Phi) is 6.08. The quantitative estimate of drug-likeness (QED) is 0.760. The van der Waals surface area contributed by atoms with Gasteiger partial charge in [0, 0.05) is 17.1 Å². The summed E-state index contributed by atoms with van der Waals surface area (Å²) in [4.78, 5) is 0. The normalized spacial score (nSPS) is 12.0. The number of rotatable bonds is 7. The number of hydrogen-bond donors (Lipinski definition) is 1. The van der Waals surface area contributed by atoms with Crippen LogP contribution in [0.3, 0.4) is 0 Å². The number of hydrogen-bond acceptors (Lipinski definition) is 3. The zero-order chi connectivity index (χ0) is 15.1. The first-order valence-corrected chi connectivity index (χ1v) is 7.74. The van der Waals surface area contributed by atoms with Gasteiger partial charge in [-0.25, -0.2) is 0 Å². The second-order valence-electron chi connectivity index (χ2n) is 4.73. The van der Waals surface area contributed by atoms with Crippen LogP contribution in [0.5, 0.6) is 11.5 Å². The van der Waals surface area contributed by atoms with Gasteiger partial charge in [0.15, 0.2) is 11.5 Å². The molecule has 0 aliphatic rings. The van der Waals surface area contributed by atoms with Crippen LogP contribution in [0.25, 0.3) is 0 Å². The summed E-state index contributed by atoms with van der Waals surface area (Å²) in [6, 6.07) is 16.3. The molecule has 0 fully saturated rings. The van der Waals surface area contributed by atoms with Crippen molar-refractivity contribution in [2.45, 2.75) is 13.0 Å². The topological polar surface area (TPSA) is 30.5 Å². The molecule has 112 valence electrons. The SMILES string of the molecule is COc1ccccc1OCCN[C@H](C)c1cccc(Br)c1. The first kappa shape index (κ1) is 15.9. The van der Waals surface area contributed by atoms with E-state index in [-0.39, 0.29) is 6.04 Å². The van der Waals surface area contributed by atoms with Crippen LogP contribution in [0, 0.1) is 0 Å². The van der Waals surface area contributed by atoms with E-state index in [4.69, 9.17) is 9.47 Å². The Morgan fingerprint density at radius 1 is 1.10 bits per heavy atom. The van der Waals surface area contributed by atoms with Gasteiger partial charge in [0.25, 0.3) is 0 Å². The lowest BCUT2D eigenvalue weighted by atomic mass is 10.1. The molecular weight excluding hydrogens is 330 g/mol. The van der Waals surface area contributed by atoms with Crippen LogP contribution in [-0.2, 0) is 0 Å². The fourth-order valence-corrected chi connectivity index (χ4v) is 2.49. The van der Waals surface area contributed by atoms with Crippen molar-refractivity contribution >= 4 is 15.9 Å². The molecule has 0 amide bonds. The highest BCUT2D eigenvalue weighted by Gasteiger charge is 2.06. The van der Waals surface area contributed by atoms with Crippen molar-refractivity contribution in [1.29, 1.82) is 0 Å². The van der Waals surface area contributed by atoms with Crippen LogP contribution in [0.2, 0.25) is 0 Å².